The molecule has 10 heteroatoms. The standard InChI is InChI=1S/C28H32N6O4/c1-17(2)29-25(36)20-12-13-22-23(14-20)34-27(32(26(22)37)15-19-10-8-18(3)9-11-19)31-33(28(34)38)16-24(35)30-21-6-4-5-7-21/h8-14,17,21H,4-7,15-16H2,1-3H3,(H,29,36)(H,30,35). The van der Waals surface area contributed by atoms with E-state index in [0.29, 0.717) is 5.56 Å². The largest absolute Gasteiger partial charge is 0.352 e. The van der Waals surface area contributed by atoms with Crippen LogP contribution in [0.25, 0.3) is 16.7 Å². The van der Waals surface area contributed by atoms with Gasteiger partial charge in [-0.05, 0) is 57.4 Å². The van der Waals surface area contributed by atoms with Gasteiger partial charge in [-0.3, -0.25) is 19.0 Å². The van der Waals surface area contributed by atoms with E-state index in [9.17, 15) is 19.2 Å². The van der Waals surface area contributed by atoms with Crippen LogP contribution in [0.1, 0.15) is 61.0 Å². The Morgan fingerprint density at radius 1 is 1.05 bits per heavy atom. The summed E-state index contributed by atoms with van der Waals surface area (Å²) in [6, 6.07) is 12.5. The molecule has 1 saturated carbocycles. The molecule has 1 aliphatic carbocycles. The first-order chi connectivity index (χ1) is 18.2. The van der Waals surface area contributed by atoms with Crippen LogP contribution in [0, 0.1) is 6.92 Å². The van der Waals surface area contributed by atoms with Crippen LogP contribution in [0.3, 0.4) is 0 Å². The van der Waals surface area contributed by atoms with Gasteiger partial charge in [0.05, 0.1) is 17.4 Å². The minimum atomic E-state index is -0.550. The number of aryl methyl sites for hydroxylation is 1. The van der Waals surface area contributed by atoms with Gasteiger partial charge < -0.3 is 10.6 Å². The number of benzene rings is 2. The highest BCUT2D eigenvalue weighted by molar-refractivity contribution is 5.98. The maximum atomic E-state index is 13.7. The summed E-state index contributed by atoms with van der Waals surface area (Å²) in [6.45, 7) is 5.62. The van der Waals surface area contributed by atoms with Crippen molar-refractivity contribution >= 4 is 28.5 Å². The lowest BCUT2D eigenvalue weighted by molar-refractivity contribution is -0.122. The highest BCUT2D eigenvalue weighted by atomic mass is 16.2. The lowest BCUT2D eigenvalue weighted by Gasteiger charge is -2.12. The predicted molar refractivity (Wildman–Crippen MR) is 144 cm³/mol. The molecule has 2 aromatic carbocycles. The fraction of sp³-hybridized carbons (Fsp3) is 0.393. The van der Waals surface area contributed by atoms with Crippen molar-refractivity contribution < 1.29 is 9.59 Å². The number of fused-ring (bicyclic) bond motifs is 3. The highest BCUT2D eigenvalue weighted by Crippen LogP contribution is 2.18. The van der Waals surface area contributed by atoms with Crippen LogP contribution >= 0.6 is 0 Å². The van der Waals surface area contributed by atoms with E-state index in [1.54, 1.807) is 12.1 Å². The molecule has 0 bridgehead atoms. The third kappa shape index (κ3) is 4.98. The summed E-state index contributed by atoms with van der Waals surface area (Å²) in [5.74, 6) is -0.491. The summed E-state index contributed by atoms with van der Waals surface area (Å²) >= 11 is 0. The number of hydrogen-bond acceptors (Lipinski definition) is 5. The van der Waals surface area contributed by atoms with Crippen molar-refractivity contribution in [3.63, 3.8) is 0 Å². The lowest BCUT2D eigenvalue weighted by atomic mass is 10.1. The van der Waals surface area contributed by atoms with Gasteiger partial charge in [-0.25, -0.2) is 13.9 Å². The number of nitrogens with one attached hydrogen (secondary N) is 2. The summed E-state index contributed by atoms with van der Waals surface area (Å²) in [6.07, 6.45) is 3.99. The molecule has 2 aromatic heterocycles. The van der Waals surface area contributed by atoms with Crippen LogP contribution in [0.2, 0.25) is 0 Å². The fourth-order valence-electron chi connectivity index (χ4n) is 5.00. The molecule has 0 spiro atoms. The maximum Gasteiger partial charge on any atom is 0.352 e. The molecule has 10 nitrogen and oxygen atoms in total. The Morgan fingerprint density at radius 3 is 2.45 bits per heavy atom. The molecule has 0 radical (unpaired) electrons. The summed E-state index contributed by atoms with van der Waals surface area (Å²) < 4.78 is 3.85. The molecule has 0 saturated heterocycles. The van der Waals surface area contributed by atoms with Gasteiger partial charge >= 0.3 is 5.69 Å². The van der Waals surface area contributed by atoms with E-state index in [2.05, 4.69) is 15.7 Å². The zero-order valence-electron chi connectivity index (χ0n) is 21.9. The van der Waals surface area contributed by atoms with E-state index in [1.165, 1.54) is 15.0 Å². The van der Waals surface area contributed by atoms with E-state index in [1.807, 2.05) is 45.0 Å². The number of carbonyl (C=O) groups is 2. The maximum absolute atomic E-state index is 13.7. The van der Waals surface area contributed by atoms with Gasteiger partial charge in [0.1, 0.15) is 6.54 Å². The highest BCUT2D eigenvalue weighted by Gasteiger charge is 2.22. The minimum absolute atomic E-state index is 0.0791. The van der Waals surface area contributed by atoms with Gasteiger partial charge in [0.2, 0.25) is 11.7 Å². The summed E-state index contributed by atoms with van der Waals surface area (Å²) in [5.41, 5.74) is 1.66. The van der Waals surface area contributed by atoms with Crippen LogP contribution in [0.5, 0.6) is 0 Å². The third-order valence-electron chi connectivity index (χ3n) is 6.93. The van der Waals surface area contributed by atoms with Crippen LogP contribution in [-0.4, -0.2) is 42.6 Å². The topological polar surface area (TPSA) is 120 Å². The molecule has 0 unspecified atom stereocenters. The lowest BCUT2D eigenvalue weighted by Crippen LogP contribution is -2.37. The fourth-order valence-corrected chi connectivity index (χ4v) is 5.00. The van der Waals surface area contributed by atoms with Crippen LogP contribution < -0.4 is 21.9 Å². The molecule has 38 heavy (non-hydrogen) atoms. The van der Waals surface area contributed by atoms with Crippen LogP contribution in [-0.2, 0) is 17.9 Å². The zero-order chi connectivity index (χ0) is 27.0. The first kappa shape index (κ1) is 25.4. The summed E-state index contributed by atoms with van der Waals surface area (Å²) in [4.78, 5) is 52.7. The number of amides is 2. The number of nitrogens with zero attached hydrogens (tertiary/aromatic N) is 4. The van der Waals surface area contributed by atoms with Crippen LogP contribution in [0.15, 0.2) is 52.1 Å². The van der Waals surface area contributed by atoms with Crippen molar-refractivity contribution in [1.82, 2.24) is 29.4 Å². The van der Waals surface area contributed by atoms with Gasteiger partial charge in [-0.15, -0.1) is 5.10 Å². The van der Waals surface area contributed by atoms with Crippen LogP contribution in [0.4, 0.5) is 0 Å². The third-order valence-corrected chi connectivity index (χ3v) is 6.93. The van der Waals surface area contributed by atoms with Crippen molar-refractivity contribution in [2.75, 3.05) is 0 Å². The zero-order valence-corrected chi connectivity index (χ0v) is 21.9. The van der Waals surface area contributed by atoms with E-state index >= 15 is 0 Å². The Kier molecular flexibility index (Phi) is 6.88. The Labute approximate surface area is 219 Å². The van der Waals surface area contributed by atoms with Gasteiger partial charge in [0, 0.05) is 17.6 Å². The van der Waals surface area contributed by atoms with Crippen molar-refractivity contribution in [2.24, 2.45) is 0 Å². The normalized spacial score (nSPS) is 14.0. The average molecular weight is 517 g/mol. The van der Waals surface area contributed by atoms with E-state index in [-0.39, 0.29) is 59.2 Å². The molecular formula is C28H32N6O4. The SMILES string of the molecule is Cc1ccc(Cn2c(=O)c3ccc(C(=O)NC(C)C)cc3n3c(=O)n(CC(=O)NC4CCCC4)nc23)cc1. The average Bonchev–Trinajstić information content (AvgIpc) is 3.50. The van der Waals surface area contributed by atoms with Crippen molar-refractivity contribution in [3.05, 3.63) is 80.0 Å². The molecule has 2 heterocycles. The smallest absolute Gasteiger partial charge is 0.352 e. The Balaban J connectivity index is 1.65. The Morgan fingerprint density at radius 2 is 1.76 bits per heavy atom. The van der Waals surface area contributed by atoms with E-state index < -0.39 is 5.69 Å². The molecule has 1 fully saturated rings. The Bertz CT molecular complexity index is 1640. The molecule has 2 N–H and O–H groups in total. The van der Waals surface area contributed by atoms with Gasteiger partial charge in [-0.2, -0.15) is 0 Å². The molecule has 1 aliphatic rings. The second-order valence-corrected chi connectivity index (χ2v) is 10.4. The molecule has 5 rings (SSSR count). The monoisotopic (exact) mass is 516 g/mol. The molecule has 2 amide bonds. The van der Waals surface area contributed by atoms with Gasteiger partial charge in [-0.1, -0.05) is 42.7 Å². The van der Waals surface area contributed by atoms with E-state index in [4.69, 9.17) is 0 Å². The minimum Gasteiger partial charge on any atom is -0.352 e. The first-order valence-electron chi connectivity index (χ1n) is 13.0. The number of hydrogen-bond donors (Lipinski definition) is 2. The quantitative estimate of drug-likeness (QED) is 0.391. The number of aromatic nitrogens is 4. The molecule has 0 atom stereocenters. The molecule has 4 aromatic rings. The molecule has 0 aliphatic heterocycles. The Hall–Kier alpha value is -4.21. The predicted octanol–water partition coefficient (Wildman–Crippen LogP) is 2.36. The van der Waals surface area contributed by atoms with Gasteiger partial charge in [0.15, 0.2) is 0 Å². The second-order valence-electron chi connectivity index (χ2n) is 10.4. The second kappa shape index (κ2) is 10.3. The van der Waals surface area contributed by atoms with Crippen molar-refractivity contribution in [1.29, 1.82) is 0 Å². The molecule has 198 valence electrons. The number of carbonyl (C=O) groups excluding carboxylic acids is 2. The number of rotatable bonds is 7. The van der Waals surface area contributed by atoms with E-state index in [0.717, 1.165) is 41.5 Å². The van der Waals surface area contributed by atoms with Gasteiger partial charge in [0.25, 0.3) is 11.5 Å². The summed E-state index contributed by atoms with van der Waals surface area (Å²) in [5, 5.41) is 10.5. The molecular weight excluding hydrogens is 484 g/mol. The van der Waals surface area contributed by atoms with Crippen molar-refractivity contribution in [3.8, 4) is 0 Å². The summed E-state index contributed by atoms with van der Waals surface area (Å²) in [7, 11) is 0. The van der Waals surface area contributed by atoms with Crippen molar-refractivity contribution in [2.45, 2.75) is 71.6 Å². The first-order valence-corrected chi connectivity index (χ1v) is 13.0.